The molecule has 0 fully saturated rings. The predicted octanol–water partition coefficient (Wildman–Crippen LogP) is 10.8. The first-order chi connectivity index (χ1) is 23.2. The maximum atomic E-state index is 13.7. The van der Waals surface area contributed by atoms with Crippen LogP contribution in [0.25, 0.3) is 5.57 Å². The Balaban J connectivity index is 0.000000303. The number of rotatable bonds is 10. The van der Waals surface area contributed by atoms with Gasteiger partial charge in [-0.3, -0.25) is 14.4 Å². The summed E-state index contributed by atoms with van der Waals surface area (Å²) in [6.07, 6.45) is 0. The molecule has 0 amide bonds. The first-order valence-electron chi connectivity index (χ1n) is 16.4. The summed E-state index contributed by atoms with van der Waals surface area (Å²) in [6.45, 7) is 21.1. The number of carbonyl (C=O) groups is 3. The molecule has 1 atom stereocenters. The van der Waals surface area contributed by atoms with Crippen molar-refractivity contribution >= 4 is 69.2 Å². The SMILES string of the molecule is CCOC(=O)C(C(=O)C(C)(C)SCc1ccc(OC)cc1)c1c(Cl)cc(C)c(C)c1C.Cc1cc(Cl)c(C2=C(O)C(C)(C)SC2=O)c(C)c1C. The summed E-state index contributed by atoms with van der Waals surface area (Å²) in [7, 11) is 1.63. The molecular weight excluding hydrogens is 711 g/mol. The van der Waals surface area contributed by atoms with Crippen LogP contribution in [0.2, 0.25) is 10.0 Å². The van der Waals surface area contributed by atoms with Gasteiger partial charge in [-0.25, -0.2) is 0 Å². The minimum absolute atomic E-state index is 0.115. The molecule has 0 spiro atoms. The van der Waals surface area contributed by atoms with E-state index in [1.54, 1.807) is 14.0 Å². The fourth-order valence-electron chi connectivity index (χ4n) is 5.68. The summed E-state index contributed by atoms with van der Waals surface area (Å²) in [5, 5.41) is 11.2. The maximum Gasteiger partial charge on any atom is 0.321 e. The van der Waals surface area contributed by atoms with Gasteiger partial charge in [0.1, 0.15) is 17.4 Å². The zero-order valence-corrected chi connectivity index (χ0v) is 34.2. The van der Waals surface area contributed by atoms with Crippen LogP contribution in [-0.4, -0.2) is 45.2 Å². The summed E-state index contributed by atoms with van der Waals surface area (Å²) in [5.41, 5.74) is 8.69. The molecule has 10 heteroatoms. The second kappa shape index (κ2) is 16.6. The van der Waals surface area contributed by atoms with Crippen molar-refractivity contribution in [1.29, 1.82) is 0 Å². The molecule has 1 heterocycles. The van der Waals surface area contributed by atoms with Gasteiger partial charge in [-0.2, -0.15) is 0 Å². The molecule has 0 aromatic heterocycles. The summed E-state index contributed by atoms with van der Waals surface area (Å²) < 4.78 is 9.09. The Morgan fingerprint density at radius 1 is 0.920 bits per heavy atom. The smallest absolute Gasteiger partial charge is 0.321 e. The lowest BCUT2D eigenvalue weighted by Gasteiger charge is -2.29. The number of hydrogen-bond acceptors (Lipinski definition) is 8. The number of aliphatic hydroxyl groups is 1. The van der Waals surface area contributed by atoms with Crippen LogP contribution in [0.15, 0.2) is 42.2 Å². The van der Waals surface area contributed by atoms with E-state index in [-0.39, 0.29) is 23.3 Å². The quantitative estimate of drug-likeness (QED) is 0.161. The Morgan fingerprint density at radius 3 is 1.96 bits per heavy atom. The van der Waals surface area contributed by atoms with Gasteiger partial charge in [-0.15, -0.1) is 11.8 Å². The van der Waals surface area contributed by atoms with Crippen LogP contribution in [0.5, 0.6) is 5.75 Å². The van der Waals surface area contributed by atoms with Gasteiger partial charge in [-0.1, -0.05) is 47.1 Å². The number of thioether (sulfide) groups is 2. The number of carbonyl (C=O) groups excluding carboxylic acids is 3. The number of ether oxygens (including phenoxy) is 2. The molecule has 4 rings (SSSR count). The summed E-state index contributed by atoms with van der Waals surface area (Å²) in [6, 6.07) is 11.4. The summed E-state index contributed by atoms with van der Waals surface area (Å²) in [5.74, 6) is -0.304. The van der Waals surface area contributed by atoms with Crippen LogP contribution >= 0.6 is 46.7 Å². The first kappa shape index (κ1) is 41.5. The highest BCUT2D eigenvalue weighted by atomic mass is 35.5. The van der Waals surface area contributed by atoms with E-state index in [0.29, 0.717) is 32.5 Å². The van der Waals surface area contributed by atoms with Gasteiger partial charge in [0.25, 0.3) is 0 Å². The van der Waals surface area contributed by atoms with Crippen molar-refractivity contribution in [3.05, 3.63) is 102 Å². The van der Waals surface area contributed by atoms with Gasteiger partial charge < -0.3 is 14.6 Å². The Labute approximate surface area is 315 Å². The molecule has 1 aliphatic heterocycles. The van der Waals surface area contributed by atoms with Crippen molar-refractivity contribution in [2.24, 2.45) is 0 Å². The third-order valence-corrected chi connectivity index (χ3v) is 12.4. The average molecular weight is 760 g/mol. The van der Waals surface area contributed by atoms with E-state index >= 15 is 0 Å². The topological polar surface area (TPSA) is 89.9 Å². The minimum Gasteiger partial charge on any atom is -0.510 e. The highest BCUT2D eigenvalue weighted by Crippen LogP contribution is 2.48. The molecule has 1 N–H and O–H groups in total. The Bertz CT molecular complexity index is 1830. The number of benzene rings is 3. The highest BCUT2D eigenvalue weighted by molar-refractivity contribution is 8.16. The molecule has 0 saturated heterocycles. The maximum absolute atomic E-state index is 13.7. The van der Waals surface area contributed by atoms with Crippen molar-refractivity contribution in [3.63, 3.8) is 0 Å². The Kier molecular flexibility index (Phi) is 13.8. The van der Waals surface area contributed by atoms with Gasteiger partial charge in [-0.05, 0) is 145 Å². The first-order valence-corrected chi connectivity index (χ1v) is 18.9. The van der Waals surface area contributed by atoms with Crippen molar-refractivity contribution in [1.82, 2.24) is 0 Å². The largest absolute Gasteiger partial charge is 0.510 e. The van der Waals surface area contributed by atoms with Crippen LogP contribution < -0.4 is 4.74 Å². The third-order valence-electron chi connectivity index (χ3n) is 9.30. The van der Waals surface area contributed by atoms with E-state index in [0.717, 1.165) is 56.5 Å². The number of ketones is 1. The lowest BCUT2D eigenvalue weighted by atomic mass is 9.83. The van der Waals surface area contributed by atoms with E-state index in [2.05, 4.69) is 0 Å². The Hall–Kier alpha value is -2.91. The number of aliphatic hydroxyl groups excluding tert-OH is 1. The van der Waals surface area contributed by atoms with Crippen molar-refractivity contribution < 1.29 is 29.0 Å². The zero-order chi connectivity index (χ0) is 37.9. The van der Waals surface area contributed by atoms with E-state index in [1.807, 2.05) is 106 Å². The lowest BCUT2D eigenvalue weighted by molar-refractivity contribution is -0.148. The molecule has 6 nitrogen and oxygen atoms in total. The predicted molar refractivity (Wildman–Crippen MR) is 210 cm³/mol. The standard InChI is InChI=1S/C25H31ClO4S.C15H17ClO2S/c1-8-30-24(28)22(21-17(4)16(3)15(2)13-20(21)26)23(27)25(5,6)31-14-18-9-11-19(29-7)12-10-18;1-7-6-10(16)11(9(3)8(7)2)12-13(17)15(4,5)19-14(12)18/h9-13,22H,8,14H2,1-7H3;6,17H,1-5H3. The van der Waals surface area contributed by atoms with E-state index in [4.69, 9.17) is 32.7 Å². The fraction of sp³-hybridized carbons (Fsp3) is 0.425. The molecule has 3 aromatic rings. The normalized spacial score (nSPS) is 14.6. The Morgan fingerprint density at radius 2 is 1.46 bits per heavy atom. The van der Waals surface area contributed by atoms with Crippen LogP contribution in [-0.2, 0) is 24.9 Å². The van der Waals surface area contributed by atoms with Crippen molar-refractivity contribution in [3.8, 4) is 5.75 Å². The number of esters is 1. The van der Waals surface area contributed by atoms with Gasteiger partial charge in [0.05, 0.1) is 28.8 Å². The molecule has 0 aliphatic carbocycles. The monoisotopic (exact) mass is 758 g/mol. The van der Waals surface area contributed by atoms with Gasteiger partial charge in [0.15, 0.2) is 5.78 Å². The van der Waals surface area contributed by atoms with Crippen molar-refractivity contribution in [2.75, 3.05) is 13.7 Å². The highest BCUT2D eigenvalue weighted by Gasteiger charge is 2.43. The third kappa shape index (κ3) is 8.93. The molecule has 1 unspecified atom stereocenters. The molecule has 0 saturated carbocycles. The van der Waals surface area contributed by atoms with E-state index in [1.165, 1.54) is 11.8 Å². The summed E-state index contributed by atoms with van der Waals surface area (Å²) in [4.78, 5) is 38.8. The molecule has 1 aliphatic rings. The fourth-order valence-corrected chi connectivity index (χ4v) is 8.44. The second-order valence-electron chi connectivity index (χ2n) is 13.5. The van der Waals surface area contributed by atoms with Crippen molar-refractivity contribution in [2.45, 2.75) is 97.3 Å². The molecular formula is C40H48Cl2O6S2. The van der Waals surface area contributed by atoms with Gasteiger partial charge in [0.2, 0.25) is 5.12 Å². The van der Waals surface area contributed by atoms with E-state index < -0.39 is 21.4 Å². The number of halogens is 2. The number of Topliss-reactive ketones (excluding diaryl/α,β-unsaturated/α-hetero) is 1. The van der Waals surface area contributed by atoms with Crippen LogP contribution in [0, 0.1) is 41.5 Å². The second-order valence-corrected chi connectivity index (χ2v) is 17.5. The molecule has 270 valence electrons. The molecule has 3 aromatic carbocycles. The van der Waals surface area contributed by atoms with Crippen LogP contribution in [0.4, 0.5) is 0 Å². The van der Waals surface area contributed by atoms with E-state index in [9.17, 15) is 19.5 Å². The lowest BCUT2D eigenvalue weighted by Crippen LogP contribution is -2.38. The zero-order valence-electron chi connectivity index (χ0n) is 31.0. The minimum atomic E-state index is -1.06. The number of aryl methyl sites for hydroxylation is 2. The number of hydrogen-bond donors (Lipinski definition) is 1. The van der Waals surface area contributed by atoms with Crippen LogP contribution in [0.3, 0.4) is 0 Å². The van der Waals surface area contributed by atoms with Gasteiger partial charge in [0, 0.05) is 21.4 Å². The average Bonchev–Trinajstić information content (AvgIpc) is 3.25. The molecule has 0 bridgehead atoms. The molecule has 0 radical (unpaired) electrons. The van der Waals surface area contributed by atoms with Crippen LogP contribution in [0.1, 0.15) is 90.6 Å². The van der Waals surface area contributed by atoms with Gasteiger partial charge >= 0.3 is 5.97 Å². The molecule has 50 heavy (non-hydrogen) atoms. The number of methoxy groups -OCH3 is 1. The summed E-state index contributed by atoms with van der Waals surface area (Å²) >= 11 is 15.5.